The first-order chi connectivity index (χ1) is 14.9. The number of amides is 2. The van der Waals surface area contributed by atoms with Crippen LogP contribution in [0.1, 0.15) is 22.8 Å². The Balaban J connectivity index is 1.46. The molecule has 3 aromatic rings. The predicted molar refractivity (Wildman–Crippen MR) is 126 cm³/mol. The zero-order valence-electron chi connectivity index (χ0n) is 17.0. The van der Waals surface area contributed by atoms with Gasteiger partial charge in [0.05, 0.1) is 16.6 Å². The summed E-state index contributed by atoms with van der Waals surface area (Å²) < 4.78 is 15.6. The molecule has 6 nitrogen and oxygen atoms in total. The van der Waals surface area contributed by atoms with E-state index in [0.29, 0.717) is 21.8 Å². The lowest BCUT2D eigenvalue weighted by Gasteiger charge is -2.21. The van der Waals surface area contributed by atoms with E-state index in [4.69, 9.17) is 0 Å². The van der Waals surface area contributed by atoms with Crippen LogP contribution in [0.15, 0.2) is 76.5 Å². The summed E-state index contributed by atoms with van der Waals surface area (Å²) in [4.78, 5) is 26.2. The third-order valence-corrected chi connectivity index (χ3v) is 7.25. The number of hydrogen-bond acceptors (Lipinski definition) is 5. The average molecular weight is 452 g/mol. The van der Waals surface area contributed by atoms with Crippen LogP contribution in [0.5, 0.6) is 0 Å². The highest BCUT2D eigenvalue weighted by Gasteiger charge is 2.24. The Hall–Kier alpha value is -2.94. The molecule has 0 saturated heterocycles. The molecule has 158 valence electrons. The summed E-state index contributed by atoms with van der Waals surface area (Å²) in [5.74, 6) is -0.352. The van der Waals surface area contributed by atoms with Gasteiger partial charge in [0.1, 0.15) is 11.4 Å². The number of thioether (sulfide) groups is 1. The maximum atomic E-state index is 12.7. The quantitative estimate of drug-likeness (QED) is 0.484. The molecule has 0 saturated carbocycles. The van der Waals surface area contributed by atoms with E-state index in [1.165, 1.54) is 11.8 Å². The van der Waals surface area contributed by atoms with Gasteiger partial charge in [0.25, 0.3) is 5.91 Å². The average Bonchev–Trinajstić information content (AvgIpc) is 2.75. The highest BCUT2D eigenvalue weighted by atomic mass is 32.2. The standard InChI is InChI=1S/C23H21N3O3S2/c1-14-12-18(9-11-21(14)31(29)26-17-6-4-3-5-7-17)24-23(28)16-8-10-20-19(13-16)25-22(27)15(2)30-20/h3-13,15,26H,1-2H3,(H,24,28)(H,25,27). The Bertz CT molecular complexity index is 1140. The topological polar surface area (TPSA) is 93.3 Å². The monoisotopic (exact) mass is 451 g/mol. The molecule has 1 aliphatic rings. The van der Waals surface area contributed by atoms with E-state index < -0.39 is 11.4 Å². The van der Waals surface area contributed by atoms with E-state index in [9.17, 15) is 14.1 Å². The van der Waals surface area contributed by atoms with Crippen molar-refractivity contribution in [1.29, 1.82) is 0 Å². The Morgan fingerprint density at radius 3 is 2.58 bits per heavy atom. The van der Waals surface area contributed by atoms with Crippen molar-refractivity contribution in [3.63, 3.8) is 0 Å². The van der Waals surface area contributed by atoms with Crippen molar-refractivity contribution in [2.75, 3.05) is 15.4 Å². The van der Waals surface area contributed by atoms with E-state index in [0.717, 1.165) is 16.1 Å². The second kappa shape index (κ2) is 9.05. The maximum Gasteiger partial charge on any atom is 0.255 e. The van der Waals surface area contributed by atoms with Crippen LogP contribution in [0.2, 0.25) is 0 Å². The zero-order chi connectivity index (χ0) is 22.0. The van der Waals surface area contributed by atoms with E-state index in [1.807, 2.05) is 50.2 Å². The molecule has 0 spiro atoms. The van der Waals surface area contributed by atoms with E-state index in [1.54, 1.807) is 30.3 Å². The molecule has 8 heteroatoms. The molecule has 0 bridgehead atoms. The minimum absolute atomic E-state index is 0.0709. The Morgan fingerprint density at radius 2 is 1.84 bits per heavy atom. The smallest absolute Gasteiger partial charge is 0.255 e. The molecule has 31 heavy (non-hydrogen) atoms. The lowest BCUT2D eigenvalue weighted by Crippen LogP contribution is -2.26. The number of anilines is 3. The third kappa shape index (κ3) is 4.87. The van der Waals surface area contributed by atoms with Crippen LogP contribution in [0.25, 0.3) is 0 Å². The number of benzene rings is 3. The molecule has 4 rings (SSSR count). The van der Waals surface area contributed by atoms with Crippen LogP contribution < -0.4 is 15.4 Å². The number of carbonyl (C=O) groups excluding carboxylic acids is 2. The summed E-state index contributed by atoms with van der Waals surface area (Å²) in [5.41, 5.74) is 3.26. The Morgan fingerprint density at radius 1 is 1.06 bits per heavy atom. The molecule has 1 heterocycles. The molecule has 1 aliphatic heterocycles. The molecule has 2 amide bonds. The normalized spacial score (nSPS) is 16.1. The summed E-state index contributed by atoms with van der Waals surface area (Å²) in [5, 5.41) is 5.54. The number of nitrogens with one attached hydrogen (secondary N) is 3. The van der Waals surface area contributed by atoms with Crippen LogP contribution in [0.3, 0.4) is 0 Å². The molecule has 3 N–H and O–H groups in total. The molecule has 0 radical (unpaired) electrons. The van der Waals surface area contributed by atoms with Crippen LogP contribution in [-0.2, 0) is 16.2 Å². The summed E-state index contributed by atoms with van der Waals surface area (Å²) in [6, 6.07) is 19.9. The molecule has 0 fully saturated rings. The number of rotatable bonds is 5. The van der Waals surface area contributed by atoms with Gasteiger partial charge < -0.3 is 15.2 Å². The number of para-hydroxylation sites is 1. The lowest BCUT2D eigenvalue weighted by molar-refractivity contribution is -0.115. The fourth-order valence-electron chi connectivity index (χ4n) is 3.16. The van der Waals surface area contributed by atoms with E-state index in [2.05, 4.69) is 15.4 Å². The highest BCUT2D eigenvalue weighted by molar-refractivity contribution is 8.01. The van der Waals surface area contributed by atoms with Crippen molar-refractivity contribution < 1.29 is 14.1 Å². The summed E-state index contributed by atoms with van der Waals surface area (Å²) in [7, 11) is 0. The first kappa shape index (κ1) is 21.3. The molecule has 3 aromatic carbocycles. The van der Waals surface area contributed by atoms with Crippen LogP contribution in [0.4, 0.5) is 17.1 Å². The van der Waals surface area contributed by atoms with Gasteiger partial charge >= 0.3 is 0 Å². The SMILES string of the molecule is Cc1cc(NC(=O)c2ccc3c(c2)NC(=O)C(C)S3)ccc1[S+]([O-])Nc1ccccc1. The van der Waals surface area contributed by atoms with Gasteiger partial charge in [-0.15, -0.1) is 11.8 Å². The first-order valence-corrected chi connectivity index (χ1v) is 11.7. The minimum Gasteiger partial charge on any atom is -0.588 e. The highest BCUT2D eigenvalue weighted by Crippen LogP contribution is 2.36. The van der Waals surface area contributed by atoms with Crippen LogP contribution in [-0.4, -0.2) is 21.6 Å². The number of fused-ring (bicyclic) bond motifs is 1. The second-order valence-corrected chi connectivity index (χ2v) is 9.70. The van der Waals surface area contributed by atoms with Gasteiger partial charge in [0, 0.05) is 21.7 Å². The second-order valence-electron chi connectivity index (χ2n) is 7.13. The molecular weight excluding hydrogens is 430 g/mol. The fraction of sp³-hybridized carbons (Fsp3) is 0.130. The van der Waals surface area contributed by atoms with E-state index in [-0.39, 0.29) is 17.1 Å². The number of carbonyl (C=O) groups is 2. The van der Waals surface area contributed by atoms with Crippen LogP contribution in [0, 0.1) is 6.92 Å². The number of hydrogen-bond donors (Lipinski definition) is 3. The third-order valence-electron chi connectivity index (χ3n) is 4.79. The van der Waals surface area contributed by atoms with Gasteiger partial charge in [-0.25, -0.2) is 4.72 Å². The van der Waals surface area contributed by atoms with Gasteiger partial charge in [-0.3, -0.25) is 9.59 Å². The van der Waals surface area contributed by atoms with Gasteiger partial charge in [-0.05, 0) is 62.4 Å². The van der Waals surface area contributed by atoms with Crippen molar-refractivity contribution in [3.05, 3.63) is 77.9 Å². The van der Waals surface area contributed by atoms with Gasteiger partial charge in [-0.2, -0.15) is 0 Å². The summed E-state index contributed by atoms with van der Waals surface area (Å²) >= 11 is 0.0563. The largest absolute Gasteiger partial charge is 0.588 e. The molecule has 2 unspecified atom stereocenters. The minimum atomic E-state index is -1.42. The van der Waals surface area contributed by atoms with Gasteiger partial charge in [0.2, 0.25) is 5.91 Å². The number of aryl methyl sites for hydroxylation is 1. The van der Waals surface area contributed by atoms with Crippen molar-refractivity contribution in [2.45, 2.75) is 28.9 Å². The van der Waals surface area contributed by atoms with Crippen LogP contribution >= 0.6 is 11.8 Å². The van der Waals surface area contributed by atoms with Crippen molar-refractivity contribution in [2.24, 2.45) is 0 Å². The first-order valence-electron chi connectivity index (χ1n) is 9.68. The fourth-order valence-corrected chi connectivity index (χ4v) is 5.09. The predicted octanol–water partition coefficient (Wildman–Crippen LogP) is 4.81. The molecular formula is C23H21N3O3S2. The molecule has 0 aliphatic carbocycles. The lowest BCUT2D eigenvalue weighted by atomic mass is 10.1. The van der Waals surface area contributed by atoms with Crippen molar-refractivity contribution in [3.8, 4) is 0 Å². The van der Waals surface area contributed by atoms with E-state index >= 15 is 0 Å². The van der Waals surface area contributed by atoms with Gasteiger partial charge in [-0.1, -0.05) is 18.2 Å². The Kier molecular flexibility index (Phi) is 6.22. The Labute approximate surface area is 188 Å². The van der Waals surface area contributed by atoms with Crippen molar-refractivity contribution >= 4 is 52.0 Å². The summed E-state index contributed by atoms with van der Waals surface area (Å²) in [6.45, 7) is 3.69. The zero-order valence-corrected chi connectivity index (χ0v) is 18.6. The molecule has 2 atom stereocenters. The van der Waals surface area contributed by atoms with Crippen molar-refractivity contribution in [1.82, 2.24) is 0 Å². The molecule has 0 aromatic heterocycles. The van der Waals surface area contributed by atoms with Gasteiger partial charge in [0.15, 0.2) is 4.90 Å². The summed E-state index contributed by atoms with van der Waals surface area (Å²) in [6.07, 6.45) is 0. The maximum absolute atomic E-state index is 12.7.